The molecule has 4 aromatic rings. The van der Waals surface area contributed by atoms with Gasteiger partial charge in [-0.15, -0.1) is 0 Å². The Hall–Kier alpha value is -4.39. The maximum atomic E-state index is 15.9. The maximum Gasteiger partial charge on any atom is 0.343 e. The van der Waals surface area contributed by atoms with Crippen LogP contribution in [0.15, 0.2) is 65.6 Å². The van der Waals surface area contributed by atoms with Crippen LogP contribution in [0.3, 0.4) is 0 Å². The molecule has 8 nitrogen and oxygen atoms in total. The molecule has 1 aliphatic rings. The second-order valence-corrected chi connectivity index (χ2v) is 11.4. The zero-order chi connectivity index (χ0) is 32.1. The Kier molecular flexibility index (Phi) is 10.1. The highest BCUT2D eigenvalue weighted by Gasteiger charge is 2.27. The minimum absolute atomic E-state index is 0.00225. The molecule has 0 unspecified atom stereocenters. The summed E-state index contributed by atoms with van der Waals surface area (Å²) in [6.07, 6.45) is 2.50. The van der Waals surface area contributed by atoms with Crippen LogP contribution < -0.4 is 15.2 Å². The fourth-order valence-corrected chi connectivity index (χ4v) is 6.36. The van der Waals surface area contributed by atoms with Crippen molar-refractivity contribution in [3.63, 3.8) is 0 Å². The number of benzene rings is 3. The minimum Gasteiger partial charge on any atom is -0.462 e. The van der Waals surface area contributed by atoms with E-state index in [-0.39, 0.29) is 28.3 Å². The van der Waals surface area contributed by atoms with E-state index < -0.39 is 17.2 Å². The zero-order valence-corrected chi connectivity index (χ0v) is 26.6. The zero-order valence-electron chi connectivity index (χ0n) is 25.9. The molecule has 1 aliphatic heterocycles. The first kappa shape index (κ1) is 32.0. The quantitative estimate of drug-likeness (QED) is 0.188. The van der Waals surface area contributed by atoms with Crippen LogP contribution in [0, 0.1) is 17.1 Å². The molecule has 45 heavy (non-hydrogen) atoms. The first-order valence-electron chi connectivity index (χ1n) is 15.4. The Bertz CT molecular complexity index is 1790. The number of anilines is 2. The van der Waals surface area contributed by atoms with Crippen LogP contribution in [-0.4, -0.2) is 61.3 Å². The van der Waals surface area contributed by atoms with E-state index in [1.54, 1.807) is 17.6 Å². The molecule has 0 saturated carbocycles. The van der Waals surface area contributed by atoms with Crippen molar-refractivity contribution in [2.24, 2.45) is 0 Å². The Morgan fingerprint density at radius 1 is 1.04 bits per heavy atom. The number of piperazine rings is 1. The molecule has 2 heterocycles. The van der Waals surface area contributed by atoms with E-state index in [9.17, 15) is 14.9 Å². The van der Waals surface area contributed by atoms with Crippen molar-refractivity contribution < 1.29 is 13.9 Å². The number of nitriles is 1. The second kappa shape index (κ2) is 14.1. The molecule has 0 spiro atoms. The third-order valence-corrected chi connectivity index (χ3v) is 8.58. The van der Waals surface area contributed by atoms with E-state index in [0.29, 0.717) is 42.9 Å². The van der Waals surface area contributed by atoms with Crippen molar-refractivity contribution in [3.05, 3.63) is 98.5 Å². The lowest BCUT2D eigenvalue weighted by molar-refractivity contribution is 0.0524. The summed E-state index contributed by atoms with van der Waals surface area (Å²) in [5.41, 5.74) is 2.90. The number of rotatable bonds is 10. The lowest BCUT2D eigenvalue weighted by Crippen LogP contribution is -2.47. The summed E-state index contributed by atoms with van der Waals surface area (Å²) in [5, 5.41) is 9.64. The van der Waals surface area contributed by atoms with Gasteiger partial charge in [0.2, 0.25) is 5.43 Å². The van der Waals surface area contributed by atoms with Gasteiger partial charge in [0.25, 0.3) is 0 Å². The van der Waals surface area contributed by atoms with Gasteiger partial charge in [0, 0.05) is 44.6 Å². The largest absolute Gasteiger partial charge is 0.462 e. The molecule has 1 saturated heterocycles. The first-order valence-corrected chi connectivity index (χ1v) is 15.7. The van der Waals surface area contributed by atoms with Gasteiger partial charge in [-0.1, -0.05) is 49.7 Å². The van der Waals surface area contributed by atoms with Gasteiger partial charge in [-0.3, -0.25) is 9.69 Å². The highest BCUT2D eigenvalue weighted by Crippen LogP contribution is 2.37. The number of aromatic nitrogens is 1. The van der Waals surface area contributed by atoms with Crippen LogP contribution in [0.4, 0.5) is 15.8 Å². The molecular weight excluding hydrogens is 593 g/mol. The molecule has 10 heteroatoms. The number of fused-ring (bicyclic) bond motifs is 1. The average Bonchev–Trinajstić information content (AvgIpc) is 3.05. The fourth-order valence-electron chi connectivity index (χ4n) is 5.95. The highest BCUT2D eigenvalue weighted by molar-refractivity contribution is 6.38. The predicted octanol–water partition coefficient (Wildman–Crippen LogP) is 6.39. The smallest absolute Gasteiger partial charge is 0.343 e. The summed E-state index contributed by atoms with van der Waals surface area (Å²) < 4.78 is 22.8. The molecule has 234 valence electrons. The van der Waals surface area contributed by atoms with Gasteiger partial charge < -0.3 is 19.1 Å². The molecule has 0 atom stereocenters. The van der Waals surface area contributed by atoms with Gasteiger partial charge in [0.1, 0.15) is 17.4 Å². The molecule has 3 aromatic carbocycles. The number of para-hydroxylation sites is 1. The lowest BCUT2D eigenvalue weighted by Gasteiger charge is -2.38. The van der Waals surface area contributed by atoms with Crippen LogP contribution in [0.5, 0.6) is 0 Å². The molecule has 1 fully saturated rings. The number of pyridine rings is 1. The topological polar surface area (TPSA) is 81.8 Å². The summed E-state index contributed by atoms with van der Waals surface area (Å²) in [6.45, 7) is 10.8. The third-order valence-electron chi connectivity index (χ3n) is 8.22. The number of ether oxygens (including phenoxy) is 1. The maximum absolute atomic E-state index is 15.9. The Morgan fingerprint density at radius 3 is 2.38 bits per heavy atom. The van der Waals surface area contributed by atoms with Crippen LogP contribution in [0.2, 0.25) is 5.02 Å². The van der Waals surface area contributed by atoms with Crippen LogP contribution in [0.25, 0.3) is 16.6 Å². The number of halogens is 2. The van der Waals surface area contributed by atoms with Gasteiger partial charge >= 0.3 is 5.97 Å². The summed E-state index contributed by atoms with van der Waals surface area (Å²) in [5.74, 6) is -1.42. The summed E-state index contributed by atoms with van der Waals surface area (Å²) >= 11 is 7.03. The molecular formula is C35H37ClFN5O3. The van der Waals surface area contributed by atoms with Crippen molar-refractivity contribution in [2.45, 2.75) is 33.7 Å². The Labute approximate surface area is 267 Å². The van der Waals surface area contributed by atoms with Crippen molar-refractivity contribution in [1.82, 2.24) is 9.47 Å². The standard InChI is InChI=1S/C35H37ClFN5O3/c1-4-15-39(5-2)22-24-11-13-26(14-12-24)42-23-28(35(44)45-6-3)34(43)27-20-29(37)33(31(36)32(27)42)41-18-16-40(17-19-41)30-10-8-7-9-25(30)21-38/h7-14,20,23H,4-6,15-19,22H2,1-3H3. The lowest BCUT2D eigenvalue weighted by atomic mass is 10.1. The van der Waals surface area contributed by atoms with Gasteiger partial charge in [0.15, 0.2) is 0 Å². The van der Waals surface area contributed by atoms with Crippen molar-refractivity contribution in [1.29, 1.82) is 5.26 Å². The third kappa shape index (κ3) is 6.53. The SMILES string of the molecule is CCCN(CC)Cc1ccc(-n2cc(C(=O)OCC)c(=O)c3cc(F)c(N4CCN(c5ccccc5C#N)CC4)c(Cl)c32)cc1. The number of hydrogen-bond donors (Lipinski definition) is 0. The van der Waals surface area contributed by atoms with Gasteiger partial charge in [-0.25, -0.2) is 9.18 Å². The summed E-state index contributed by atoms with van der Waals surface area (Å²) in [7, 11) is 0. The molecule has 1 aromatic heterocycles. The van der Waals surface area contributed by atoms with Gasteiger partial charge in [-0.2, -0.15) is 5.26 Å². The molecule has 5 rings (SSSR count). The average molecular weight is 630 g/mol. The second-order valence-electron chi connectivity index (χ2n) is 11.0. The number of nitrogens with zero attached hydrogens (tertiary/aromatic N) is 5. The Balaban J connectivity index is 1.57. The Morgan fingerprint density at radius 2 is 1.73 bits per heavy atom. The van der Waals surface area contributed by atoms with Gasteiger partial charge in [0.05, 0.1) is 39.5 Å². The molecule has 0 aliphatic carbocycles. The number of hydrogen-bond acceptors (Lipinski definition) is 7. The van der Waals surface area contributed by atoms with E-state index in [1.165, 1.54) is 12.3 Å². The van der Waals surface area contributed by atoms with Crippen molar-refractivity contribution in [3.8, 4) is 11.8 Å². The highest BCUT2D eigenvalue weighted by atomic mass is 35.5. The van der Waals surface area contributed by atoms with E-state index in [4.69, 9.17) is 16.3 Å². The molecule has 0 N–H and O–H groups in total. The number of carbonyl (C=O) groups is 1. The number of esters is 1. The summed E-state index contributed by atoms with van der Waals surface area (Å²) in [6, 6.07) is 18.7. The number of carbonyl (C=O) groups excluding carboxylic acids is 1. The molecule has 0 radical (unpaired) electrons. The van der Waals surface area contributed by atoms with E-state index in [0.717, 1.165) is 37.3 Å². The van der Waals surface area contributed by atoms with Gasteiger partial charge in [-0.05, 0) is 62.3 Å². The van der Waals surface area contributed by atoms with Crippen LogP contribution in [0.1, 0.15) is 48.7 Å². The summed E-state index contributed by atoms with van der Waals surface area (Å²) in [4.78, 5) is 32.7. The normalized spacial score (nSPS) is 13.4. The van der Waals surface area contributed by atoms with Crippen molar-refractivity contribution in [2.75, 3.05) is 55.7 Å². The molecule has 0 amide bonds. The van der Waals surface area contributed by atoms with Crippen LogP contribution in [-0.2, 0) is 11.3 Å². The van der Waals surface area contributed by atoms with Crippen molar-refractivity contribution >= 4 is 39.8 Å². The first-order chi connectivity index (χ1) is 21.8. The molecule has 0 bridgehead atoms. The minimum atomic E-state index is -0.776. The monoisotopic (exact) mass is 629 g/mol. The van der Waals surface area contributed by atoms with E-state index in [2.05, 4.69) is 29.7 Å². The predicted molar refractivity (Wildman–Crippen MR) is 177 cm³/mol. The van der Waals surface area contributed by atoms with E-state index in [1.807, 2.05) is 47.4 Å². The fraction of sp³-hybridized carbons (Fsp3) is 0.343. The van der Waals surface area contributed by atoms with E-state index >= 15 is 4.39 Å². The van der Waals surface area contributed by atoms with Crippen LogP contribution >= 0.6 is 11.6 Å².